The van der Waals surface area contributed by atoms with Crippen molar-refractivity contribution >= 4 is 17.7 Å². The van der Waals surface area contributed by atoms with Crippen LogP contribution in [0.5, 0.6) is 0 Å². The summed E-state index contributed by atoms with van der Waals surface area (Å²) in [4.78, 5) is 25.8. The molecule has 0 spiro atoms. The summed E-state index contributed by atoms with van der Waals surface area (Å²) in [5.41, 5.74) is 4.15. The summed E-state index contributed by atoms with van der Waals surface area (Å²) in [6.07, 6.45) is 1.91. The van der Waals surface area contributed by atoms with Gasteiger partial charge in [-0.25, -0.2) is 4.79 Å². The molecule has 1 aromatic carbocycles. The number of nitrogens with one attached hydrogen (secondary N) is 1. The Kier molecular flexibility index (Phi) is 4.28. The van der Waals surface area contributed by atoms with Gasteiger partial charge in [-0.15, -0.1) is 0 Å². The summed E-state index contributed by atoms with van der Waals surface area (Å²) in [5, 5.41) is 2.97. The maximum atomic E-state index is 12.4. The van der Waals surface area contributed by atoms with E-state index in [0.717, 1.165) is 18.5 Å². The average Bonchev–Trinajstić information content (AvgIpc) is 2.63. The van der Waals surface area contributed by atoms with Crippen molar-refractivity contribution in [3.8, 4) is 0 Å². The molecule has 1 N–H and O–H groups in total. The topological polar surface area (TPSA) is 58.6 Å². The highest BCUT2D eigenvalue weighted by Crippen LogP contribution is 2.33. The number of benzene rings is 1. The van der Waals surface area contributed by atoms with Crippen molar-refractivity contribution in [1.29, 1.82) is 0 Å². The maximum absolute atomic E-state index is 12.4. The van der Waals surface area contributed by atoms with Crippen LogP contribution in [0.15, 0.2) is 12.1 Å². The Morgan fingerprint density at radius 3 is 2.67 bits per heavy atom. The van der Waals surface area contributed by atoms with E-state index in [1.165, 1.54) is 16.7 Å². The molecule has 5 heteroatoms. The fraction of sp³-hybridized carbons (Fsp3) is 0.579. The SMILES string of the molecule is CC1CN(C(=O)OC(C)(C)C)CCc2cc3c(cc21)NC(=O)CC3. The van der Waals surface area contributed by atoms with Crippen LogP contribution in [0.2, 0.25) is 0 Å². The number of hydrogen-bond donors (Lipinski definition) is 1. The molecule has 0 saturated heterocycles. The number of carbonyl (C=O) groups excluding carboxylic acids is 2. The molecule has 1 unspecified atom stereocenters. The van der Waals surface area contributed by atoms with Crippen LogP contribution >= 0.6 is 0 Å². The van der Waals surface area contributed by atoms with Gasteiger partial charge in [-0.05, 0) is 62.3 Å². The molecular formula is C19H26N2O3. The Hall–Kier alpha value is -2.04. The Labute approximate surface area is 143 Å². The van der Waals surface area contributed by atoms with Crippen molar-refractivity contribution in [3.05, 3.63) is 28.8 Å². The zero-order valence-electron chi connectivity index (χ0n) is 14.9. The quantitative estimate of drug-likeness (QED) is 0.792. The zero-order valence-corrected chi connectivity index (χ0v) is 14.9. The first-order valence-electron chi connectivity index (χ1n) is 8.66. The Morgan fingerprint density at radius 1 is 1.21 bits per heavy atom. The molecule has 0 aliphatic carbocycles. The molecule has 24 heavy (non-hydrogen) atoms. The molecule has 1 aromatic rings. The smallest absolute Gasteiger partial charge is 0.410 e. The minimum absolute atomic E-state index is 0.0825. The van der Waals surface area contributed by atoms with Gasteiger partial charge in [0.15, 0.2) is 0 Å². The van der Waals surface area contributed by atoms with Gasteiger partial charge in [-0.2, -0.15) is 0 Å². The summed E-state index contributed by atoms with van der Waals surface area (Å²) in [6.45, 7) is 9.08. The average molecular weight is 330 g/mol. The first kappa shape index (κ1) is 16.8. The number of anilines is 1. The van der Waals surface area contributed by atoms with Crippen LogP contribution in [0.3, 0.4) is 0 Å². The highest BCUT2D eigenvalue weighted by atomic mass is 16.6. The molecule has 0 bridgehead atoms. The third kappa shape index (κ3) is 3.55. The Balaban J connectivity index is 1.83. The predicted molar refractivity (Wildman–Crippen MR) is 93.3 cm³/mol. The second-order valence-corrected chi connectivity index (χ2v) is 7.83. The molecule has 2 aliphatic heterocycles. The number of fused-ring (bicyclic) bond motifs is 2. The molecule has 2 amide bonds. The van der Waals surface area contributed by atoms with E-state index in [4.69, 9.17) is 4.74 Å². The number of amides is 2. The molecule has 0 radical (unpaired) electrons. The van der Waals surface area contributed by atoms with E-state index in [0.29, 0.717) is 19.5 Å². The molecule has 0 aromatic heterocycles. The molecule has 2 aliphatic rings. The minimum Gasteiger partial charge on any atom is -0.444 e. The van der Waals surface area contributed by atoms with Crippen LogP contribution in [0.4, 0.5) is 10.5 Å². The number of ether oxygens (including phenoxy) is 1. The van der Waals surface area contributed by atoms with Gasteiger partial charge in [-0.3, -0.25) is 4.79 Å². The molecule has 130 valence electrons. The fourth-order valence-corrected chi connectivity index (χ4v) is 3.44. The Bertz CT molecular complexity index is 676. The maximum Gasteiger partial charge on any atom is 0.410 e. The van der Waals surface area contributed by atoms with Gasteiger partial charge in [0.25, 0.3) is 0 Å². The number of nitrogens with zero attached hydrogens (tertiary/aromatic N) is 1. The third-order valence-corrected chi connectivity index (χ3v) is 4.59. The monoisotopic (exact) mass is 330 g/mol. The van der Waals surface area contributed by atoms with Gasteiger partial charge in [0.05, 0.1) is 0 Å². The first-order chi connectivity index (χ1) is 11.2. The zero-order chi connectivity index (χ0) is 17.5. The highest BCUT2D eigenvalue weighted by Gasteiger charge is 2.28. The minimum atomic E-state index is -0.483. The van der Waals surface area contributed by atoms with E-state index in [1.54, 1.807) is 4.90 Å². The third-order valence-electron chi connectivity index (χ3n) is 4.59. The van der Waals surface area contributed by atoms with Gasteiger partial charge in [-0.1, -0.05) is 13.0 Å². The van der Waals surface area contributed by atoms with Crippen LogP contribution in [0.25, 0.3) is 0 Å². The lowest BCUT2D eigenvalue weighted by Crippen LogP contribution is -2.38. The van der Waals surface area contributed by atoms with E-state index in [2.05, 4.69) is 24.4 Å². The van der Waals surface area contributed by atoms with E-state index in [1.807, 2.05) is 20.8 Å². The predicted octanol–water partition coefficient (Wildman–Crippen LogP) is 3.47. The summed E-state index contributed by atoms with van der Waals surface area (Å²) >= 11 is 0. The fourth-order valence-electron chi connectivity index (χ4n) is 3.44. The van der Waals surface area contributed by atoms with Crippen molar-refractivity contribution in [3.63, 3.8) is 0 Å². The van der Waals surface area contributed by atoms with E-state index >= 15 is 0 Å². The van der Waals surface area contributed by atoms with Crippen molar-refractivity contribution in [1.82, 2.24) is 4.90 Å². The largest absolute Gasteiger partial charge is 0.444 e. The number of rotatable bonds is 0. The standard InChI is InChI=1S/C19H26N2O3/c1-12-11-21(18(23)24-19(2,3)4)8-7-13-9-14-5-6-17(22)20-16(14)10-15(12)13/h9-10,12H,5-8,11H2,1-4H3,(H,20,22). The Morgan fingerprint density at radius 2 is 1.96 bits per heavy atom. The lowest BCUT2D eigenvalue weighted by atomic mass is 9.90. The first-order valence-corrected chi connectivity index (χ1v) is 8.66. The summed E-state index contributed by atoms with van der Waals surface area (Å²) in [6, 6.07) is 4.31. The number of aryl methyl sites for hydroxylation is 1. The summed E-state index contributed by atoms with van der Waals surface area (Å²) < 4.78 is 5.52. The molecule has 0 fully saturated rings. The highest BCUT2D eigenvalue weighted by molar-refractivity contribution is 5.94. The van der Waals surface area contributed by atoms with Gasteiger partial charge in [0, 0.05) is 25.2 Å². The van der Waals surface area contributed by atoms with Crippen LogP contribution < -0.4 is 5.32 Å². The summed E-state index contributed by atoms with van der Waals surface area (Å²) in [7, 11) is 0. The lowest BCUT2D eigenvalue weighted by Gasteiger charge is -2.27. The number of hydrogen-bond acceptors (Lipinski definition) is 3. The van der Waals surface area contributed by atoms with Crippen molar-refractivity contribution in [2.45, 2.75) is 58.5 Å². The van der Waals surface area contributed by atoms with Crippen LogP contribution in [0, 0.1) is 0 Å². The molecular weight excluding hydrogens is 304 g/mol. The van der Waals surface area contributed by atoms with Gasteiger partial charge in [0.1, 0.15) is 5.60 Å². The molecule has 1 atom stereocenters. The van der Waals surface area contributed by atoms with E-state index in [9.17, 15) is 9.59 Å². The van der Waals surface area contributed by atoms with Crippen molar-refractivity contribution in [2.24, 2.45) is 0 Å². The summed E-state index contributed by atoms with van der Waals surface area (Å²) in [5.74, 6) is 0.290. The second kappa shape index (κ2) is 6.11. The van der Waals surface area contributed by atoms with Gasteiger partial charge < -0.3 is 15.0 Å². The number of carbonyl (C=O) groups is 2. The molecule has 2 heterocycles. The van der Waals surface area contributed by atoms with Gasteiger partial charge in [0.2, 0.25) is 5.91 Å². The molecule has 5 nitrogen and oxygen atoms in total. The van der Waals surface area contributed by atoms with Gasteiger partial charge >= 0.3 is 6.09 Å². The van der Waals surface area contributed by atoms with E-state index in [-0.39, 0.29) is 17.9 Å². The van der Waals surface area contributed by atoms with Crippen LogP contribution in [0.1, 0.15) is 56.7 Å². The van der Waals surface area contributed by atoms with Crippen molar-refractivity contribution in [2.75, 3.05) is 18.4 Å². The normalized spacial score (nSPS) is 20.6. The van der Waals surface area contributed by atoms with Crippen LogP contribution in [-0.4, -0.2) is 35.6 Å². The molecule has 0 saturated carbocycles. The van der Waals surface area contributed by atoms with E-state index < -0.39 is 5.60 Å². The lowest BCUT2D eigenvalue weighted by molar-refractivity contribution is -0.116. The second-order valence-electron chi connectivity index (χ2n) is 7.83. The van der Waals surface area contributed by atoms with Crippen molar-refractivity contribution < 1.29 is 14.3 Å². The molecule has 3 rings (SSSR count). The van der Waals surface area contributed by atoms with Crippen LogP contribution in [-0.2, 0) is 22.4 Å².